The smallest absolute Gasteiger partial charge is 0.307 e. The highest BCUT2D eigenvalue weighted by atomic mass is 32.2. The van der Waals surface area contributed by atoms with Crippen molar-refractivity contribution in [3.8, 4) is 0 Å². The van der Waals surface area contributed by atoms with Crippen molar-refractivity contribution in [2.75, 3.05) is 5.32 Å². The van der Waals surface area contributed by atoms with Gasteiger partial charge in [0.15, 0.2) is 0 Å². The molecular formula is C19H25NO4S. The molecule has 0 aromatic heterocycles. The van der Waals surface area contributed by atoms with Gasteiger partial charge in [-0.15, -0.1) is 0 Å². The van der Waals surface area contributed by atoms with E-state index in [9.17, 15) is 13.8 Å². The molecule has 136 valence electrons. The number of aliphatic carboxylic acids is 1. The van der Waals surface area contributed by atoms with E-state index < -0.39 is 28.6 Å². The third kappa shape index (κ3) is 4.48. The molecule has 0 bridgehead atoms. The summed E-state index contributed by atoms with van der Waals surface area (Å²) >= 11 is 0. The van der Waals surface area contributed by atoms with Gasteiger partial charge >= 0.3 is 5.97 Å². The fourth-order valence-corrected chi connectivity index (χ4v) is 5.30. The fourth-order valence-electron chi connectivity index (χ4n) is 3.69. The maximum atomic E-state index is 12.5. The molecule has 0 aliphatic heterocycles. The van der Waals surface area contributed by atoms with Crippen LogP contribution in [0.3, 0.4) is 0 Å². The summed E-state index contributed by atoms with van der Waals surface area (Å²) in [6.07, 6.45) is 6.84. The number of carboxylic acids is 1. The summed E-state index contributed by atoms with van der Waals surface area (Å²) in [5, 5.41) is 12.2. The summed E-state index contributed by atoms with van der Waals surface area (Å²) in [7, 11) is -0.880. The van der Waals surface area contributed by atoms with Crippen LogP contribution in [0.15, 0.2) is 24.3 Å². The highest BCUT2D eigenvalue weighted by molar-refractivity contribution is 7.84. The number of anilines is 1. The molecule has 1 amide bonds. The first-order chi connectivity index (χ1) is 12.0. The van der Waals surface area contributed by atoms with Crippen LogP contribution >= 0.6 is 0 Å². The average Bonchev–Trinajstić information content (AvgIpc) is 2.54. The predicted molar refractivity (Wildman–Crippen MR) is 97.6 cm³/mol. The van der Waals surface area contributed by atoms with Crippen LogP contribution in [0.25, 0.3) is 0 Å². The van der Waals surface area contributed by atoms with Gasteiger partial charge in [-0.1, -0.05) is 31.4 Å². The maximum absolute atomic E-state index is 12.5. The molecule has 3 atom stereocenters. The van der Waals surface area contributed by atoms with E-state index in [1.165, 1.54) is 19.3 Å². The topological polar surface area (TPSA) is 83.5 Å². The Kier molecular flexibility index (Phi) is 5.89. The normalized spacial score (nSPS) is 25.0. The molecular weight excluding hydrogens is 338 g/mol. The Morgan fingerprint density at radius 3 is 2.44 bits per heavy atom. The fraction of sp³-hybridized carbons (Fsp3) is 0.579. The number of benzene rings is 1. The van der Waals surface area contributed by atoms with Crippen molar-refractivity contribution in [3.63, 3.8) is 0 Å². The lowest BCUT2D eigenvalue weighted by molar-refractivity contribution is -0.151. The number of carbonyl (C=O) groups excluding carboxylic acids is 1. The van der Waals surface area contributed by atoms with Crippen LogP contribution in [-0.4, -0.2) is 26.4 Å². The number of nitrogens with one attached hydrogen (secondary N) is 1. The van der Waals surface area contributed by atoms with Crippen molar-refractivity contribution in [2.24, 2.45) is 11.8 Å². The molecule has 5 nitrogen and oxygen atoms in total. The molecule has 2 aliphatic rings. The second-order valence-corrected chi connectivity index (χ2v) is 8.82. The first-order valence-corrected chi connectivity index (χ1v) is 10.4. The van der Waals surface area contributed by atoms with E-state index in [1.54, 1.807) is 6.07 Å². The molecule has 0 radical (unpaired) electrons. The minimum Gasteiger partial charge on any atom is -0.481 e. The summed E-state index contributed by atoms with van der Waals surface area (Å²) in [6, 6.07) is 7.42. The van der Waals surface area contributed by atoms with Gasteiger partial charge in [-0.05, 0) is 43.4 Å². The zero-order chi connectivity index (χ0) is 17.8. The average molecular weight is 363 g/mol. The number of carboxylic acid groups (broad SMARTS) is 1. The number of rotatable bonds is 6. The van der Waals surface area contributed by atoms with E-state index in [0.29, 0.717) is 29.5 Å². The SMILES string of the molecule is O=C(O)C1CCC1C(=O)Nc1cccc(CS(=O)C2CCCCC2)c1. The number of amides is 1. The lowest BCUT2D eigenvalue weighted by Gasteiger charge is -2.31. The zero-order valence-electron chi connectivity index (χ0n) is 14.3. The van der Waals surface area contributed by atoms with Gasteiger partial charge in [-0.3, -0.25) is 13.8 Å². The zero-order valence-corrected chi connectivity index (χ0v) is 15.1. The Hall–Kier alpha value is -1.69. The molecule has 2 saturated carbocycles. The van der Waals surface area contributed by atoms with Crippen LogP contribution in [0.2, 0.25) is 0 Å². The van der Waals surface area contributed by atoms with Gasteiger partial charge in [-0.25, -0.2) is 0 Å². The molecule has 25 heavy (non-hydrogen) atoms. The van der Waals surface area contributed by atoms with E-state index in [0.717, 1.165) is 18.4 Å². The van der Waals surface area contributed by atoms with Crippen molar-refractivity contribution in [3.05, 3.63) is 29.8 Å². The monoisotopic (exact) mass is 363 g/mol. The number of hydrogen-bond donors (Lipinski definition) is 2. The lowest BCUT2D eigenvalue weighted by Crippen LogP contribution is -2.41. The van der Waals surface area contributed by atoms with E-state index in [1.807, 2.05) is 18.2 Å². The Balaban J connectivity index is 1.58. The second kappa shape index (κ2) is 8.13. The first-order valence-electron chi connectivity index (χ1n) is 9.04. The third-order valence-corrected chi connectivity index (χ3v) is 7.19. The van der Waals surface area contributed by atoms with Crippen molar-refractivity contribution in [1.82, 2.24) is 0 Å². The minimum atomic E-state index is -0.900. The number of hydrogen-bond acceptors (Lipinski definition) is 3. The summed E-state index contributed by atoms with van der Waals surface area (Å²) < 4.78 is 12.5. The molecule has 0 heterocycles. The summed E-state index contributed by atoms with van der Waals surface area (Å²) in [5.74, 6) is -1.64. The summed E-state index contributed by atoms with van der Waals surface area (Å²) in [4.78, 5) is 23.3. The van der Waals surface area contributed by atoms with Crippen molar-refractivity contribution >= 4 is 28.4 Å². The van der Waals surface area contributed by atoms with E-state index in [2.05, 4.69) is 5.32 Å². The highest BCUT2D eigenvalue weighted by Gasteiger charge is 2.41. The highest BCUT2D eigenvalue weighted by Crippen LogP contribution is 2.35. The minimum absolute atomic E-state index is 0.232. The standard InChI is InChI=1S/C19H25NO4S/c21-18(16-9-10-17(16)19(22)23)20-14-6-4-5-13(11-14)12-25(24)15-7-2-1-3-8-15/h4-6,11,15-17H,1-3,7-10,12H2,(H,20,21)(H,22,23). The van der Waals surface area contributed by atoms with Crippen LogP contribution in [0.1, 0.15) is 50.5 Å². The Morgan fingerprint density at radius 2 is 1.80 bits per heavy atom. The van der Waals surface area contributed by atoms with Crippen LogP contribution < -0.4 is 5.32 Å². The van der Waals surface area contributed by atoms with Gasteiger partial charge in [0.2, 0.25) is 5.91 Å². The molecule has 2 fully saturated rings. The van der Waals surface area contributed by atoms with Gasteiger partial charge in [0.05, 0.1) is 11.8 Å². The largest absolute Gasteiger partial charge is 0.481 e. The molecule has 0 saturated heterocycles. The molecule has 3 rings (SSSR count). The molecule has 2 N–H and O–H groups in total. The maximum Gasteiger partial charge on any atom is 0.307 e. The lowest BCUT2D eigenvalue weighted by atomic mass is 9.73. The van der Waals surface area contributed by atoms with Crippen molar-refractivity contribution in [2.45, 2.75) is 55.9 Å². The van der Waals surface area contributed by atoms with Gasteiger partial charge in [-0.2, -0.15) is 0 Å². The van der Waals surface area contributed by atoms with E-state index in [4.69, 9.17) is 5.11 Å². The van der Waals surface area contributed by atoms with Gasteiger partial charge in [0, 0.05) is 27.5 Å². The number of carbonyl (C=O) groups is 2. The molecule has 2 aliphatic carbocycles. The van der Waals surface area contributed by atoms with Gasteiger partial charge in [0.1, 0.15) is 0 Å². The molecule has 0 spiro atoms. The van der Waals surface area contributed by atoms with Gasteiger partial charge < -0.3 is 10.4 Å². The quantitative estimate of drug-likeness (QED) is 0.812. The van der Waals surface area contributed by atoms with Crippen LogP contribution in [-0.2, 0) is 26.1 Å². The van der Waals surface area contributed by atoms with Crippen molar-refractivity contribution < 1.29 is 18.9 Å². The second-order valence-electron chi connectivity index (χ2n) is 7.10. The van der Waals surface area contributed by atoms with Crippen LogP contribution in [0.5, 0.6) is 0 Å². The molecule has 1 aromatic carbocycles. The van der Waals surface area contributed by atoms with Crippen LogP contribution in [0.4, 0.5) is 5.69 Å². The van der Waals surface area contributed by atoms with Crippen molar-refractivity contribution in [1.29, 1.82) is 0 Å². The first kappa shape index (κ1) is 18.1. The Morgan fingerprint density at radius 1 is 1.08 bits per heavy atom. The predicted octanol–water partition coefficient (Wildman–Crippen LogP) is 3.32. The molecule has 6 heteroatoms. The van der Waals surface area contributed by atoms with E-state index in [-0.39, 0.29) is 5.91 Å². The molecule has 1 aromatic rings. The molecule has 3 unspecified atom stereocenters. The summed E-state index contributed by atoms with van der Waals surface area (Å²) in [6.45, 7) is 0. The third-order valence-electron chi connectivity index (χ3n) is 5.36. The van der Waals surface area contributed by atoms with Crippen LogP contribution in [0, 0.1) is 11.8 Å². The van der Waals surface area contributed by atoms with Gasteiger partial charge in [0.25, 0.3) is 0 Å². The van der Waals surface area contributed by atoms with E-state index >= 15 is 0 Å². The Labute approximate surface area is 150 Å². The Bertz CT molecular complexity index is 669. The summed E-state index contributed by atoms with van der Waals surface area (Å²) in [5.41, 5.74) is 1.60.